The van der Waals surface area contributed by atoms with Crippen LogP contribution in [0.1, 0.15) is 19.0 Å². The fourth-order valence-electron chi connectivity index (χ4n) is 2.30. The van der Waals surface area contributed by atoms with E-state index in [2.05, 4.69) is 16.9 Å². The molecule has 1 fully saturated rings. The zero-order valence-corrected chi connectivity index (χ0v) is 12.6. The van der Waals surface area contributed by atoms with Crippen molar-refractivity contribution in [3.8, 4) is 0 Å². The van der Waals surface area contributed by atoms with Crippen LogP contribution in [0.2, 0.25) is 5.02 Å². The van der Waals surface area contributed by atoms with Crippen LogP contribution in [0.4, 0.5) is 0 Å². The summed E-state index contributed by atoms with van der Waals surface area (Å²) in [4.78, 5) is 2.09. The minimum absolute atomic E-state index is 0.157. The van der Waals surface area contributed by atoms with Gasteiger partial charge in [-0.15, -0.1) is 0 Å². The molecule has 0 radical (unpaired) electrons. The Morgan fingerprint density at radius 2 is 2.39 bits per heavy atom. The summed E-state index contributed by atoms with van der Waals surface area (Å²) in [5, 5.41) is 15.9. The van der Waals surface area contributed by atoms with Gasteiger partial charge in [-0.25, -0.2) is 0 Å². The number of rotatable bonds is 4. The largest absolute Gasteiger partial charge is 0.382 e. The average Bonchev–Trinajstić information content (AvgIpc) is 2.82. The maximum absolute atomic E-state index is 10.9. The fourth-order valence-corrected chi connectivity index (χ4v) is 3.89. The molecular formula is C12H20ClN3OS. The van der Waals surface area contributed by atoms with E-state index in [9.17, 15) is 5.11 Å². The Hall–Kier alpha value is -0.230. The number of likely N-dealkylation sites (N-methyl/N-ethyl adjacent to an activating group) is 1. The van der Waals surface area contributed by atoms with Crippen molar-refractivity contribution in [2.75, 3.05) is 26.4 Å². The molecule has 18 heavy (non-hydrogen) atoms. The SMILES string of the molecule is CC1SCCC1(O)c1c(Cl)cnn1CCN(C)C. The predicted molar refractivity (Wildman–Crippen MR) is 76.2 cm³/mol. The highest BCUT2D eigenvalue weighted by molar-refractivity contribution is 8.00. The molecule has 0 spiro atoms. The van der Waals surface area contributed by atoms with Crippen LogP contribution in [-0.4, -0.2) is 51.4 Å². The minimum Gasteiger partial charge on any atom is -0.382 e. The van der Waals surface area contributed by atoms with Crippen molar-refractivity contribution in [2.45, 2.75) is 30.7 Å². The Morgan fingerprint density at radius 3 is 2.94 bits per heavy atom. The molecule has 0 bridgehead atoms. The molecule has 0 aromatic carbocycles. The lowest BCUT2D eigenvalue weighted by atomic mass is 9.93. The lowest BCUT2D eigenvalue weighted by Gasteiger charge is -2.28. The van der Waals surface area contributed by atoms with Gasteiger partial charge in [-0.2, -0.15) is 16.9 Å². The van der Waals surface area contributed by atoms with E-state index in [1.807, 2.05) is 18.8 Å². The molecule has 0 saturated carbocycles. The third kappa shape index (κ3) is 2.54. The molecule has 1 aliphatic heterocycles. The Kier molecular flexibility index (Phi) is 4.26. The van der Waals surface area contributed by atoms with E-state index < -0.39 is 5.60 Å². The summed E-state index contributed by atoms with van der Waals surface area (Å²) in [5.74, 6) is 0.965. The van der Waals surface area contributed by atoms with Gasteiger partial charge in [0.15, 0.2) is 0 Å². The second-order valence-electron chi connectivity index (χ2n) is 5.05. The first-order chi connectivity index (χ1) is 8.45. The second kappa shape index (κ2) is 5.41. The smallest absolute Gasteiger partial charge is 0.120 e. The molecular weight excluding hydrogens is 270 g/mol. The highest BCUT2D eigenvalue weighted by Gasteiger charge is 2.44. The Balaban J connectivity index is 2.29. The van der Waals surface area contributed by atoms with Crippen molar-refractivity contribution < 1.29 is 5.11 Å². The highest BCUT2D eigenvalue weighted by Crippen LogP contribution is 2.45. The Morgan fingerprint density at radius 1 is 1.67 bits per heavy atom. The summed E-state index contributed by atoms with van der Waals surface area (Å²) >= 11 is 8.01. The maximum atomic E-state index is 10.9. The zero-order valence-electron chi connectivity index (χ0n) is 11.1. The first-order valence-electron chi connectivity index (χ1n) is 6.15. The first-order valence-corrected chi connectivity index (χ1v) is 7.58. The normalized spacial score (nSPS) is 28.2. The molecule has 1 saturated heterocycles. The molecule has 1 aliphatic rings. The summed E-state index contributed by atoms with van der Waals surface area (Å²) in [6.45, 7) is 3.68. The molecule has 2 rings (SSSR count). The standard InChI is InChI=1S/C12H20ClN3OS/c1-9-12(17,4-7-18-9)11-10(13)8-14-16(11)6-5-15(2)3/h8-9,17H,4-7H2,1-3H3. The van der Waals surface area contributed by atoms with Gasteiger partial charge in [-0.05, 0) is 26.3 Å². The topological polar surface area (TPSA) is 41.3 Å². The van der Waals surface area contributed by atoms with Gasteiger partial charge in [-0.1, -0.05) is 18.5 Å². The number of aliphatic hydroxyl groups is 1. The molecule has 4 nitrogen and oxygen atoms in total. The van der Waals surface area contributed by atoms with E-state index >= 15 is 0 Å². The Labute approximate surface area is 117 Å². The first kappa shape index (κ1) is 14.2. The number of hydrogen-bond donors (Lipinski definition) is 1. The van der Waals surface area contributed by atoms with Crippen molar-refractivity contribution >= 4 is 23.4 Å². The van der Waals surface area contributed by atoms with E-state index in [1.165, 1.54) is 0 Å². The highest BCUT2D eigenvalue weighted by atomic mass is 35.5. The third-order valence-corrected chi connectivity index (χ3v) is 5.09. The number of hydrogen-bond acceptors (Lipinski definition) is 4. The van der Waals surface area contributed by atoms with Crippen LogP contribution in [0.5, 0.6) is 0 Å². The average molecular weight is 290 g/mol. The summed E-state index contributed by atoms with van der Waals surface area (Å²) in [6.07, 6.45) is 2.38. The van der Waals surface area contributed by atoms with Gasteiger partial charge >= 0.3 is 0 Å². The van der Waals surface area contributed by atoms with E-state index in [0.29, 0.717) is 5.02 Å². The molecule has 2 unspecified atom stereocenters. The van der Waals surface area contributed by atoms with Crippen LogP contribution >= 0.6 is 23.4 Å². The third-order valence-electron chi connectivity index (χ3n) is 3.49. The molecule has 0 amide bonds. The van der Waals surface area contributed by atoms with Crippen molar-refractivity contribution in [1.82, 2.24) is 14.7 Å². The number of aromatic nitrogens is 2. The zero-order chi connectivity index (χ0) is 13.3. The maximum Gasteiger partial charge on any atom is 0.120 e. The van der Waals surface area contributed by atoms with Gasteiger partial charge < -0.3 is 10.0 Å². The number of nitrogens with zero attached hydrogens (tertiary/aromatic N) is 3. The van der Waals surface area contributed by atoms with Crippen LogP contribution in [0, 0.1) is 0 Å². The van der Waals surface area contributed by atoms with Crippen molar-refractivity contribution in [3.05, 3.63) is 16.9 Å². The predicted octanol–water partition coefficient (Wildman–Crippen LogP) is 1.81. The summed E-state index contributed by atoms with van der Waals surface area (Å²) in [7, 11) is 4.04. The molecule has 0 aliphatic carbocycles. The number of halogens is 1. The van der Waals surface area contributed by atoms with Gasteiger partial charge in [0.25, 0.3) is 0 Å². The molecule has 1 aromatic heterocycles. The van der Waals surface area contributed by atoms with Gasteiger partial charge in [0.05, 0.1) is 23.5 Å². The molecule has 6 heteroatoms. The van der Waals surface area contributed by atoms with Crippen molar-refractivity contribution in [2.24, 2.45) is 0 Å². The minimum atomic E-state index is -0.843. The van der Waals surface area contributed by atoms with Crippen LogP contribution in [0.15, 0.2) is 6.20 Å². The summed E-state index contributed by atoms with van der Waals surface area (Å²) in [5.41, 5.74) is -0.0617. The van der Waals surface area contributed by atoms with Gasteiger partial charge in [0.1, 0.15) is 5.60 Å². The lowest BCUT2D eigenvalue weighted by Crippen LogP contribution is -2.35. The molecule has 1 aromatic rings. The van der Waals surface area contributed by atoms with Gasteiger partial charge in [-0.3, -0.25) is 4.68 Å². The fraction of sp³-hybridized carbons (Fsp3) is 0.750. The van der Waals surface area contributed by atoms with Crippen LogP contribution in [0.25, 0.3) is 0 Å². The lowest BCUT2D eigenvalue weighted by molar-refractivity contribution is 0.0330. The van der Waals surface area contributed by atoms with E-state index in [-0.39, 0.29) is 5.25 Å². The van der Waals surface area contributed by atoms with E-state index in [4.69, 9.17) is 11.6 Å². The molecule has 2 atom stereocenters. The summed E-state index contributed by atoms with van der Waals surface area (Å²) in [6, 6.07) is 0. The van der Waals surface area contributed by atoms with Crippen molar-refractivity contribution in [3.63, 3.8) is 0 Å². The Bertz CT molecular complexity index is 423. The van der Waals surface area contributed by atoms with Crippen LogP contribution in [-0.2, 0) is 12.1 Å². The number of thioether (sulfide) groups is 1. The van der Waals surface area contributed by atoms with E-state index in [1.54, 1.807) is 18.0 Å². The van der Waals surface area contributed by atoms with Gasteiger partial charge in [0, 0.05) is 11.8 Å². The molecule has 1 N–H and O–H groups in total. The van der Waals surface area contributed by atoms with E-state index in [0.717, 1.165) is 31.0 Å². The van der Waals surface area contributed by atoms with Crippen LogP contribution in [0.3, 0.4) is 0 Å². The quantitative estimate of drug-likeness (QED) is 0.918. The summed E-state index contributed by atoms with van der Waals surface area (Å²) < 4.78 is 1.85. The van der Waals surface area contributed by atoms with Crippen molar-refractivity contribution in [1.29, 1.82) is 0 Å². The second-order valence-corrected chi connectivity index (χ2v) is 6.91. The van der Waals surface area contributed by atoms with Gasteiger partial charge in [0.2, 0.25) is 0 Å². The monoisotopic (exact) mass is 289 g/mol. The molecule has 102 valence electrons. The van der Waals surface area contributed by atoms with Crippen LogP contribution < -0.4 is 0 Å². The molecule has 2 heterocycles.